The van der Waals surface area contributed by atoms with Crippen LogP contribution in [0.1, 0.15) is 81.0 Å². The zero-order valence-corrected chi connectivity index (χ0v) is 36.6. The van der Waals surface area contributed by atoms with Crippen molar-refractivity contribution in [3.8, 4) is 5.75 Å². The van der Waals surface area contributed by atoms with E-state index in [4.69, 9.17) is 14.5 Å². The number of aromatic nitrogens is 7. The van der Waals surface area contributed by atoms with Gasteiger partial charge in [0.25, 0.3) is 17.4 Å². The highest BCUT2D eigenvalue weighted by Gasteiger charge is 2.31. The van der Waals surface area contributed by atoms with Crippen LogP contribution >= 0.6 is 11.3 Å². The lowest BCUT2D eigenvalue weighted by molar-refractivity contribution is -0.875. The zero-order chi connectivity index (χ0) is 43.4. The van der Waals surface area contributed by atoms with Gasteiger partial charge in [0.05, 0.1) is 39.0 Å². The molecule has 5 aromatic rings. The topological polar surface area (TPSA) is 179 Å². The molecule has 1 aromatic carbocycles. The van der Waals surface area contributed by atoms with Gasteiger partial charge in [-0.25, -0.2) is 19.4 Å². The van der Waals surface area contributed by atoms with E-state index < -0.39 is 5.60 Å². The molecule has 0 spiro atoms. The number of anilines is 2. The van der Waals surface area contributed by atoms with Crippen molar-refractivity contribution in [3.63, 3.8) is 0 Å². The number of tetrazole rings is 1. The molecule has 1 fully saturated rings. The Kier molecular flexibility index (Phi) is 12.8. The summed E-state index contributed by atoms with van der Waals surface area (Å²) in [5, 5.41) is 17.5. The fourth-order valence-electron chi connectivity index (χ4n) is 6.64. The number of amides is 2. The first-order valence-electron chi connectivity index (χ1n) is 19.8. The predicted octanol–water partition coefficient (Wildman–Crippen LogP) is 4.37. The molecule has 5 heterocycles. The molecule has 1 aliphatic rings. The molecule has 0 bridgehead atoms. The van der Waals surface area contributed by atoms with Gasteiger partial charge in [0.15, 0.2) is 24.0 Å². The summed E-state index contributed by atoms with van der Waals surface area (Å²) in [7, 11) is 5.27. The molecule has 1 aliphatic heterocycles. The van der Waals surface area contributed by atoms with Gasteiger partial charge in [-0.1, -0.05) is 32.9 Å². The van der Waals surface area contributed by atoms with Crippen LogP contribution in [0.3, 0.4) is 0 Å². The number of esters is 1. The average Bonchev–Trinajstić information content (AvgIpc) is 3.75. The first-order chi connectivity index (χ1) is 28.3. The number of methoxy groups -OCH3 is 1. The van der Waals surface area contributed by atoms with E-state index in [1.54, 1.807) is 41.0 Å². The second-order valence-corrected chi connectivity index (χ2v) is 18.3. The van der Waals surface area contributed by atoms with Crippen LogP contribution in [0.5, 0.6) is 5.75 Å². The van der Waals surface area contributed by atoms with Gasteiger partial charge < -0.3 is 23.8 Å². The Morgan fingerprint density at radius 2 is 1.70 bits per heavy atom. The van der Waals surface area contributed by atoms with Gasteiger partial charge in [0.2, 0.25) is 0 Å². The first-order valence-corrected chi connectivity index (χ1v) is 20.6. The summed E-state index contributed by atoms with van der Waals surface area (Å²) in [6.07, 6.45) is 5.48. The van der Waals surface area contributed by atoms with Gasteiger partial charge in [-0.15, -0.1) is 16.4 Å². The third-order valence-corrected chi connectivity index (χ3v) is 10.5. The number of fused-ring (bicyclic) bond motifs is 1. The molecule has 1 N–H and O–H groups in total. The molecule has 1 saturated heterocycles. The summed E-state index contributed by atoms with van der Waals surface area (Å²) in [5.41, 5.74) is 1.53. The molecule has 4 aromatic heterocycles. The SMILES string of the molecule is COc1ccc(Cn2nnnc2/C=C/c2c(N3CCCN(C(=O)C[N+](C)(C)CC(=O)OC(C)(C)C)CC3)nc3cc(C(=O)Nc4nc(C(C)(C)C)cs4)ccn3c2=O)cc1. The molecule has 60 heavy (non-hydrogen) atoms. The van der Waals surface area contributed by atoms with Crippen molar-refractivity contribution >= 4 is 57.9 Å². The van der Waals surface area contributed by atoms with E-state index in [2.05, 4.69) is 46.6 Å². The highest BCUT2D eigenvalue weighted by atomic mass is 32.1. The summed E-state index contributed by atoms with van der Waals surface area (Å²) in [6, 6.07) is 10.7. The normalized spacial score (nSPS) is 14.1. The van der Waals surface area contributed by atoms with Crippen LogP contribution in [-0.4, -0.2) is 128 Å². The largest absolute Gasteiger partial charge is 0.497 e. The van der Waals surface area contributed by atoms with E-state index in [-0.39, 0.29) is 57.5 Å². The number of hydrogen-bond donors (Lipinski definition) is 1. The molecule has 0 saturated carbocycles. The highest BCUT2D eigenvalue weighted by Crippen LogP contribution is 2.27. The Morgan fingerprint density at radius 3 is 2.38 bits per heavy atom. The van der Waals surface area contributed by atoms with Crippen molar-refractivity contribution in [1.82, 2.24) is 39.5 Å². The number of nitrogens with one attached hydrogen (secondary N) is 1. The summed E-state index contributed by atoms with van der Waals surface area (Å²) in [4.78, 5) is 67.5. The van der Waals surface area contributed by atoms with Gasteiger partial charge in [-0.3, -0.25) is 24.1 Å². The van der Waals surface area contributed by atoms with Crippen molar-refractivity contribution in [2.24, 2.45) is 0 Å². The summed E-state index contributed by atoms with van der Waals surface area (Å²) < 4.78 is 14.0. The van der Waals surface area contributed by atoms with Gasteiger partial charge in [0, 0.05) is 48.7 Å². The molecule has 17 nitrogen and oxygen atoms in total. The lowest BCUT2D eigenvalue weighted by Crippen LogP contribution is -2.52. The zero-order valence-electron chi connectivity index (χ0n) is 35.8. The molecular formula is C42H54N11O6S+. The molecule has 0 unspecified atom stereocenters. The van der Waals surface area contributed by atoms with E-state index in [9.17, 15) is 19.2 Å². The quantitative estimate of drug-likeness (QED) is 0.139. The number of nitrogens with zero attached hydrogens (tertiary/aromatic N) is 10. The molecule has 0 atom stereocenters. The number of carbonyl (C=O) groups excluding carboxylic acids is 3. The number of carbonyl (C=O) groups is 3. The Morgan fingerprint density at radius 1 is 0.950 bits per heavy atom. The number of thiazole rings is 1. The van der Waals surface area contributed by atoms with E-state index in [0.717, 1.165) is 17.0 Å². The fraction of sp³-hybridized carbons (Fsp3) is 0.452. The smallest absolute Gasteiger partial charge is 0.362 e. The van der Waals surface area contributed by atoms with E-state index in [0.29, 0.717) is 61.5 Å². The van der Waals surface area contributed by atoms with Crippen molar-refractivity contribution < 1.29 is 28.3 Å². The van der Waals surface area contributed by atoms with E-state index in [1.807, 2.05) is 69.4 Å². The fourth-order valence-corrected chi connectivity index (χ4v) is 7.57. The number of quaternary nitrogens is 1. The maximum atomic E-state index is 14.4. The minimum atomic E-state index is -0.624. The van der Waals surface area contributed by atoms with Crippen LogP contribution in [0.2, 0.25) is 0 Å². The van der Waals surface area contributed by atoms with Gasteiger partial charge >= 0.3 is 5.97 Å². The van der Waals surface area contributed by atoms with Gasteiger partial charge in [0.1, 0.15) is 22.8 Å². The molecule has 18 heteroatoms. The first kappa shape index (κ1) is 43.6. The summed E-state index contributed by atoms with van der Waals surface area (Å²) >= 11 is 1.35. The molecular weight excluding hydrogens is 787 g/mol. The lowest BCUT2D eigenvalue weighted by Gasteiger charge is -2.32. The lowest BCUT2D eigenvalue weighted by atomic mass is 9.93. The number of pyridine rings is 1. The minimum absolute atomic E-state index is 0.0504. The van der Waals surface area contributed by atoms with Crippen LogP contribution in [0, 0.1) is 0 Å². The molecule has 6 rings (SSSR count). The third-order valence-electron chi connectivity index (χ3n) is 9.74. The molecule has 2 amide bonds. The van der Waals surface area contributed by atoms with Crippen molar-refractivity contribution in [2.75, 3.05) is 70.7 Å². The molecule has 0 aliphatic carbocycles. The highest BCUT2D eigenvalue weighted by molar-refractivity contribution is 7.14. The van der Waals surface area contributed by atoms with Crippen molar-refractivity contribution in [1.29, 1.82) is 0 Å². The molecule has 0 radical (unpaired) electrons. The van der Waals surface area contributed by atoms with Crippen molar-refractivity contribution in [3.05, 3.63) is 86.5 Å². The Labute approximate surface area is 353 Å². The monoisotopic (exact) mass is 840 g/mol. The summed E-state index contributed by atoms with van der Waals surface area (Å²) in [6.45, 7) is 13.9. The van der Waals surface area contributed by atoms with Gasteiger partial charge in [-0.2, -0.15) is 0 Å². The number of likely N-dealkylation sites (N-methyl/N-ethyl adjacent to an activating group) is 1. The number of hydrogen-bond acceptors (Lipinski definition) is 13. The third kappa shape index (κ3) is 11.0. The number of ether oxygens (including phenoxy) is 2. The Hall–Kier alpha value is -6.01. The second-order valence-electron chi connectivity index (χ2n) is 17.5. The van der Waals surface area contributed by atoms with E-state index in [1.165, 1.54) is 21.9 Å². The average molecular weight is 841 g/mol. The molecule has 318 valence electrons. The van der Waals surface area contributed by atoms with Crippen LogP contribution in [0.4, 0.5) is 10.9 Å². The van der Waals surface area contributed by atoms with Crippen molar-refractivity contribution in [2.45, 2.75) is 65.5 Å². The predicted molar refractivity (Wildman–Crippen MR) is 230 cm³/mol. The van der Waals surface area contributed by atoms with Crippen LogP contribution in [-0.2, 0) is 26.3 Å². The Bertz CT molecular complexity index is 2440. The number of benzene rings is 1. The standard InChI is InChI=1S/C42H53N11O6S/c1-41(2,3)32-27-60-40(43-32)45-38(56)29-17-20-51-34(23-29)44-37(31(39(51)57)15-16-33-46-47-48-52(33)24-28-11-13-30(58-9)14-12-28)50-19-10-18-49(21-22-50)35(54)25-53(7,8)26-36(55)59-42(4,5)6/h11-17,20,23,27H,10,18-19,21-22,24-26H2,1-9H3/p+1/b16-15+. The van der Waals surface area contributed by atoms with Crippen LogP contribution < -0.4 is 20.5 Å². The Balaban J connectivity index is 1.29. The maximum absolute atomic E-state index is 14.4. The minimum Gasteiger partial charge on any atom is -0.497 e. The second kappa shape index (κ2) is 17.7. The summed E-state index contributed by atoms with van der Waals surface area (Å²) in [5.74, 6) is 0.707. The van der Waals surface area contributed by atoms with Crippen LogP contribution in [0.25, 0.3) is 17.8 Å². The van der Waals surface area contributed by atoms with E-state index >= 15 is 0 Å². The van der Waals surface area contributed by atoms with Crippen LogP contribution in [0.15, 0.2) is 52.8 Å². The number of rotatable bonds is 12. The maximum Gasteiger partial charge on any atom is 0.362 e. The van der Waals surface area contributed by atoms with Gasteiger partial charge in [-0.05, 0) is 79.6 Å².